The summed E-state index contributed by atoms with van der Waals surface area (Å²) in [5.74, 6) is -39.9. The molecule has 1 aromatic rings. The molecule has 0 fully saturated rings. The summed E-state index contributed by atoms with van der Waals surface area (Å²) < 4.78 is 183. The molecule has 0 amide bonds. The van der Waals surface area contributed by atoms with Gasteiger partial charge in [0.2, 0.25) is 0 Å². The molecule has 4 nitrogen and oxygen atoms in total. The van der Waals surface area contributed by atoms with Crippen LogP contribution in [0.25, 0.3) is 0 Å². The fraction of sp³-hybridized carbons (Fsp3) is 0.667. The van der Waals surface area contributed by atoms with E-state index < -0.39 is 60.9 Å². The van der Waals surface area contributed by atoms with Crippen LogP contribution in [0.5, 0.6) is 11.5 Å². The third kappa shape index (κ3) is 4.49. The van der Waals surface area contributed by atoms with E-state index in [2.05, 4.69) is 4.74 Å². The summed E-state index contributed by atoms with van der Waals surface area (Å²) in [6.07, 6.45) is -11.8. The molecule has 0 N–H and O–H groups in total. The topological polar surface area (TPSA) is 44.8 Å². The van der Waals surface area contributed by atoms with Crippen molar-refractivity contribution in [2.45, 2.75) is 48.3 Å². The zero-order chi connectivity index (χ0) is 25.7. The number of carbonyl (C=O) groups excluding carboxylic acids is 1. The van der Waals surface area contributed by atoms with E-state index in [4.69, 9.17) is 9.47 Å². The third-order valence-electron chi connectivity index (χ3n) is 4.11. The van der Waals surface area contributed by atoms with Crippen molar-refractivity contribution >= 4 is 17.3 Å². The molecule has 18 heteroatoms. The number of fused-ring (bicyclic) bond motifs is 1. The van der Waals surface area contributed by atoms with Gasteiger partial charge in [0.1, 0.15) is 19.6 Å². The average Bonchev–Trinajstić information content (AvgIpc) is 3.12. The van der Waals surface area contributed by atoms with Crippen molar-refractivity contribution in [2.75, 3.05) is 13.2 Å². The Kier molecular flexibility index (Phi) is 6.79. The molecule has 0 bridgehead atoms. The summed E-state index contributed by atoms with van der Waals surface area (Å²) in [5.41, 5.74) is 0. The van der Waals surface area contributed by atoms with Crippen molar-refractivity contribution in [3.63, 3.8) is 0 Å². The maximum Gasteiger partial charge on any atom is 0.460 e. The van der Waals surface area contributed by atoms with Crippen LogP contribution in [0.3, 0.4) is 0 Å². The van der Waals surface area contributed by atoms with E-state index in [0.717, 1.165) is 11.3 Å². The van der Waals surface area contributed by atoms with Gasteiger partial charge in [0.05, 0.1) is 0 Å². The number of carbonyl (C=O) groups is 1. The lowest BCUT2D eigenvalue weighted by atomic mass is 9.92. The second-order valence-electron chi connectivity index (χ2n) is 6.51. The quantitative estimate of drug-likeness (QED) is 0.325. The summed E-state index contributed by atoms with van der Waals surface area (Å²) in [6.45, 7) is -1.32. The van der Waals surface area contributed by atoms with Crippen LogP contribution < -0.4 is 9.47 Å². The first-order valence-electron chi connectivity index (χ1n) is 8.16. The number of hydrogen-bond donors (Lipinski definition) is 0. The highest BCUT2D eigenvalue weighted by Gasteiger charge is 2.90. The van der Waals surface area contributed by atoms with Gasteiger partial charge in [-0.05, 0) is 0 Å². The van der Waals surface area contributed by atoms with E-state index in [1.807, 2.05) is 0 Å². The molecule has 0 aromatic carbocycles. The molecule has 0 saturated heterocycles. The minimum Gasteiger partial charge on any atom is -0.485 e. The first kappa shape index (κ1) is 27.1. The highest BCUT2D eigenvalue weighted by atomic mass is 32.1. The molecular formula is C15H9F13O4S. The van der Waals surface area contributed by atoms with Gasteiger partial charge in [0, 0.05) is 10.8 Å². The minimum absolute atomic E-state index is 0.122. The fourth-order valence-corrected chi connectivity index (χ4v) is 2.95. The van der Waals surface area contributed by atoms with Crippen LogP contribution in [0.2, 0.25) is 0 Å². The zero-order valence-electron chi connectivity index (χ0n) is 15.3. The van der Waals surface area contributed by atoms with E-state index in [-0.39, 0.29) is 18.1 Å². The molecule has 1 aliphatic rings. The normalized spacial score (nSPS) is 18.3. The molecule has 0 aliphatic carbocycles. The number of rotatable bonds is 8. The van der Waals surface area contributed by atoms with Gasteiger partial charge in [-0.15, -0.1) is 11.3 Å². The fourth-order valence-electron chi connectivity index (χ4n) is 2.27. The van der Waals surface area contributed by atoms with Crippen LogP contribution in [0.15, 0.2) is 10.8 Å². The van der Waals surface area contributed by atoms with Gasteiger partial charge in [-0.1, -0.05) is 0 Å². The van der Waals surface area contributed by atoms with Crippen LogP contribution in [-0.4, -0.2) is 61.1 Å². The van der Waals surface area contributed by atoms with Gasteiger partial charge >= 0.3 is 41.8 Å². The lowest BCUT2D eigenvalue weighted by molar-refractivity contribution is -0.439. The number of thiophene rings is 1. The highest BCUT2D eigenvalue weighted by molar-refractivity contribution is 7.08. The lowest BCUT2D eigenvalue weighted by Gasteiger charge is -2.39. The van der Waals surface area contributed by atoms with Gasteiger partial charge in [-0.3, -0.25) is 4.79 Å². The predicted molar refractivity (Wildman–Crippen MR) is 80.6 cm³/mol. The van der Waals surface area contributed by atoms with Crippen LogP contribution in [0, 0.1) is 0 Å². The first-order chi connectivity index (χ1) is 14.7. The SMILES string of the molecule is O=C(CC(F)(F)C(F)(F)C(F)(F)C(F)(F)C(F)(F)C(F)(F)F)OCC1COc2cscc2O1. The average molecular weight is 532 g/mol. The van der Waals surface area contributed by atoms with E-state index in [0.29, 0.717) is 0 Å². The molecule has 1 aliphatic heterocycles. The zero-order valence-corrected chi connectivity index (χ0v) is 16.1. The number of esters is 1. The number of alkyl halides is 13. The summed E-state index contributed by atoms with van der Waals surface area (Å²) in [4.78, 5) is 11.4. The maximum absolute atomic E-state index is 13.6. The Morgan fingerprint density at radius 3 is 1.91 bits per heavy atom. The Labute approximate surface area is 178 Å². The van der Waals surface area contributed by atoms with Crippen LogP contribution >= 0.6 is 11.3 Å². The first-order valence-corrected chi connectivity index (χ1v) is 9.10. The van der Waals surface area contributed by atoms with Gasteiger partial charge in [-0.25, -0.2) is 0 Å². The molecule has 0 spiro atoms. The molecule has 33 heavy (non-hydrogen) atoms. The van der Waals surface area contributed by atoms with E-state index in [1.165, 1.54) is 10.8 Å². The minimum atomic E-state index is -8.03. The van der Waals surface area contributed by atoms with Crippen LogP contribution in [0.1, 0.15) is 6.42 Å². The van der Waals surface area contributed by atoms with Crippen molar-refractivity contribution in [1.29, 1.82) is 0 Å². The Hall–Kier alpha value is -2.14. The number of halogens is 13. The smallest absolute Gasteiger partial charge is 0.460 e. The summed E-state index contributed by atoms with van der Waals surface area (Å²) in [6, 6.07) is 0. The summed E-state index contributed by atoms with van der Waals surface area (Å²) in [5, 5.41) is 2.88. The Morgan fingerprint density at radius 1 is 0.848 bits per heavy atom. The summed E-state index contributed by atoms with van der Waals surface area (Å²) >= 11 is 1.10. The molecule has 0 radical (unpaired) electrons. The number of hydrogen-bond acceptors (Lipinski definition) is 5. The largest absolute Gasteiger partial charge is 0.485 e. The van der Waals surface area contributed by atoms with Crippen molar-refractivity contribution in [3.8, 4) is 11.5 Å². The maximum atomic E-state index is 13.6. The van der Waals surface area contributed by atoms with Gasteiger partial charge in [0.25, 0.3) is 0 Å². The van der Waals surface area contributed by atoms with Gasteiger partial charge in [-0.2, -0.15) is 57.1 Å². The molecule has 190 valence electrons. The Morgan fingerprint density at radius 2 is 1.36 bits per heavy atom. The van der Waals surface area contributed by atoms with Gasteiger partial charge in [0.15, 0.2) is 17.6 Å². The molecule has 2 rings (SSSR count). The lowest BCUT2D eigenvalue weighted by Crippen LogP contribution is -2.70. The van der Waals surface area contributed by atoms with Crippen molar-refractivity contribution in [3.05, 3.63) is 10.8 Å². The van der Waals surface area contributed by atoms with E-state index >= 15 is 0 Å². The Bertz CT molecular complexity index is 864. The van der Waals surface area contributed by atoms with Crippen molar-refractivity contribution in [2.24, 2.45) is 0 Å². The predicted octanol–water partition coefficient (Wildman–Crippen LogP) is 5.56. The van der Waals surface area contributed by atoms with E-state index in [9.17, 15) is 61.9 Å². The Balaban J connectivity index is 2.12. The van der Waals surface area contributed by atoms with Gasteiger partial charge < -0.3 is 14.2 Å². The second kappa shape index (κ2) is 8.26. The summed E-state index contributed by atoms with van der Waals surface area (Å²) in [7, 11) is 0. The van der Waals surface area contributed by atoms with E-state index in [1.54, 1.807) is 0 Å². The van der Waals surface area contributed by atoms with Crippen molar-refractivity contribution in [1.82, 2.24) is 0 Å². The van der Waals surface area contributed by atoms with Crippen molar-refractivity contribution < 1.29 is 76.1 Å². The molecule has 0 saturated carbocycles. The number of ether oxygens (including phenoxy) is 3. The van der Waals surface area contributed by atoms with Crippen LogP contribution in [0.4, 0.5) is 57.1 Å². The van der Waals surface area contributed by atoms with Crippen LogP contribution in [-0.2, 0) is 9.53 Å². The molecule has 1 aromatic heterocycles. The third-order valence-corrected chi connectivity index (χ3v) is 4.81. The monoisotopic (exact) mass is 532 g/mol. The molecule has 1 unspecified atom stereocenters. The highest BCUT2D eigenvalue weighted by Crippen LogP contribution is 2.60. The molecular weight excluding hydrogens is 523 g/mol. The standard InChI is InChI=1S/C15H9F13O4S/c16-10(17,1-9(29)31-3-6-2-30-7-4-33-5-8(7)32-6)11(18,19)12(20,21)13(22,23)14(24,25)15(26,27)28/h4-6H,1-3H2. The molecule has 1 atom stereocenters. The molecule has 2 heterocycles. The second-order valence-corrected chi connectivity index (χ2v) is 7.25.